The minimum atomic E-state index is -3.75. The van der Waals surface area contributed by atoms with Crippen LogP contribution in [0.1, 0.15) is 52.4 Å². The molecule has 3 N–H and O–H groups in total. The molecule has 0 atom stereocenters. The van der Waals surface area contributed by atoms with Gasteiger partial charge in [0.2, 0.25) is 21.9 Å². The molecule has 0 saturated heterocycles. The number of carbonyl (C=O) groups excluding carboxylic acids is 1. The normalized spacial score (nSPS) is 18.2. The van der Waals surface area contributed by atoms with Gasteiger partial charge in [-0.15, -0.1) is 0 Å². The first-order valence-corrected chi connectivity index (χ1v) is 12.8. The zero-order chi connectivity index (χ0) is 23.4. The first-order valence-electron chi connectivity index (χ1n) is 11.3. The summed E-state index contributed by atoms with van der Waals surface area (Å²) in [6.45, 7) is 4.06. The third kappa shape index (κ3) is 3.76. The maximum Gasteiger partial charge on any atom is 0.238 e. The van der Waals surface area contributed by atoms with Gasteiger partial charge in [0.05, 0.1) is 16.9 Å². The zero-order valence-corrected chi connectivity index (χ0v) is 19.6. The summed E-state index contributed by atoms with van der Waals surface area (Å²) in [6, 6.07) is 8.21. The second-order valence-electron chi connectivity index (χ2n) is 9.32. The Morgan fingerprint density at radius 1 is 1.12 bits per heavy atom. The summed E-state index contributed by atoms with van der Waals surface area (Å²) in [7, 11) is -3.75. The van der Waals surface area contributed by atoms with Crippen molar-refractivity contribution in [2.24, 2.45) is 5.14 Å². The molecule has 2 aliphatic rings. The topological polar surface area (TPSA) is 123 Å². The average Bonchev–Trinajstić information content (AvgIpc) is 3.13. The Morgan fingerprint density at radius 2 is 1.82 bits per heavy atom. The Labute approximate surface area is 193 Å². The van der Waals surface area contributed by atoms with E-state index in [0.717, 1.165) is 42.5 Å². The molecule has 1 aliphatic heterocycles. The number of nitrogens with zero attached hydrogens (tertiary/aromatic N) is 4. The van der Waals surface area contributed by atoms with Crippen LogP contribution in [0.25, 0.3) is 11.0 Å². The molecule has 1 saturated carbocycles. The maximum absolute atomic E-state index is 13.2. The molecule has 0 unspecified atom stereocenters. The number of hydrogen-bond donors (Lipinski definition) is 2. The van der Waals surface area contributed by atoms with Gasteiger partial charge in [0.1, 0.15) is 11.5 Å². The van der Waals surface area contributed by atoms with Crippen LogP contribution in [0.3, 0.4) is 0 Å². The fourth-order valence-corrected chi connectivity index (χ4v) is 5.79. The van der Waals surface area contributed by atoms with E-state index < -0.39 is 10.0 Å². The Balaban J connectivity index is 1.59. The Hall–Kier alpha value is -2.98. The summed E-state index contributed by atoms with van der Waals surface area (Å²) in [5, 5.41) is 9.23. The molecule has 3 heterocycles. The van der Waals surface area contributed by atoms with Crippen molar-refractivity contribution in [1.29, 1.82) is 0 Å². The number of hydrogen-bond acceptors (Lipinski definition) is 6. The van der Waals surface area contributed by atoms with Crippen LogP contribution in [0.2, 0.25) is 0 Å². The van der Waals surface area contributed by atoms with Crippen LogP contribution in [0.5, 0.6) is 0 Å². The van der Waals surface area contributed by atoms with E-state index in [0.29, 0.717) is 18.1 Å². The fraction of sp³-hybridized carbons (Fsp3) is 0.435. The van der Waals surface area contributed by atoms with Gasteiger partial charge in [-0.1, -0.05) is 19.3 Å². The Morgan fingerprint density at radius 3 is 2.45 bits per heavy atom. The van der Waals surface area contributed by atoms with Crippen molar-refractivity contribution < 1.29 is 13.2 Å². The number of amides is 1. The van der Waals surface area contributed by atoms with E-state index in [1.807, 2.05) is 24.8 Å². The smallest absolute Gasteiger partial charge is 0.238 e. The van der Waals surface area contributed by atoms with Crippen molar-refractivity contribution in [1.82, 2.24) is 14.5 Å². The molecule has 1 amide bonds. The summed E-state index contributed by atoms with van der Waals surface area (Å²) < 4.78 is 25.3. The molecule has 0 radical (unpaired) electrons. The van der Waals surface area contributed by atoms with E-state index in [-0.39, 0.29) is 22.4 Å². The molecule has 33 heavy (non-hydrogen) atoms. The molecule has 10 heteroatoms. The lowest BCUT2D eigenvalue weighted by atomic mass is 9.77. The van der Waals surface area contributed by atoms with Crippen molar-refractivity contribution >= 4 is 44.4 Å². The number of carbonyl (C=O) groups is 1. The second-order valence-corrected chi connectivity index (χ2v) is 10.9. The highest BCUT2D eigenvalue weighted by Gasteiger charge is 2.45. The molecular formula is C23H28N6O3S. The number of rotatable bonds is 4. The highest BCUT2D eigenvalue weighted by molar-refractivity contribution is 7.89. The van der Waals surface area contributed by atoms with Gasteiger partial charge in [0.15, 0.2) is 0 Å². The number of nitrogens with two attached hydrogens (primary N) is 1. The predicted molar refractivity (Wildman–Crippen MR) is 127 cm³/mol. The Bertz CT molecular complexity index is 1320. The van der Waals surface area contributed by atoms with Crippen molar-refractivity contribution in [3.63, 3.8) is 0 Å². The SMILES string of the molecule is CC(C)N1C(=O)CC2(CCCCC2)n2c1cc1cnc(Nc3ccc(S(N)(=O)=O)cc3)nc12. The molecule has 5 rings (SSSR count). The number of sulfonamides is 1. The number of benzene rings is 1. The number of fused-ring (bicyclic) bond motifs is 4. The molecule has 2 aromatic heterocycles. The molecule has 174 valence electrons. The first-order chi connectivity index (χ1) is 15.7. The summed E-state index contributed by atoms with van der Waals surface area (Å²) in [4.78, 5) is 24.4. The van der Waals surface area contributed by atoms with E-state index in [2.05, 4.69) is 14.9 Å². The molecule has 1 fully saturated rings. The van der Waals surface area contributed by atoms with Crippen LogP contribution in [0.4, 0.5) is 17.5 Å². The molecule has 9 nitrogen and oxygen atoms in total. The predicted octanol–water partition coefficient (Wildman–Crippen LogP) is 3.63. The quantitative estimate of drug-likeness (QED) is 0.603. The number of aromatic nitrogens is 3. The number of nitrogens with one attached hydrogen (secondary N) is 1. The maximum atomic E-state index is 13.2. The van der Waals surface area contributed by atoms with E-state index in [1.165, 1.54) is 18.6 Å². The van der Waals surface area contributed by atoms with Gasteiger partial charge in [-0.25, -0.2) is 18.5 Å². The Kier molecular flexibility index (Phi) is 5.17. The van der Waals surface area contributed by atoms with Gasteiger partial charge in [-0.3, -0.25) is 9.69 Å². The lowest BCUT2D eigenvalue weighted by Crippen LogP contribution is -2.51. The average molecular weight is 469 g/mol. The summed E-state index contributed by atoms with van der Waals surface area (Å²) in [5.41, 5.74) is 1.21. The van der Waals surface area contributed by atoms with Crippen molar-refractivity contribution in [2.75, 3.05) is 10.2 Å². The van der Waals surface area contributed by atoms with Gasteiger partial charge < -0.3 is 9.88 Å². The van der Waals surface area contributed by atoms with Crippen molar-refractivity contribution in [3.8, 4) is 0 Å². The van der Waals surface area contributed by atoms with E-state index >= 15 is 0 Å². The first kappa shape index (κ1) is 21.8. The number of primary sulfonamides is 1. The molecule has 1 spiro atoms. The van der Waals surface area contributed by atoms with Gasteiger partial charge in [-0.2, -0.15) is 4.98 Å². The van der Waals surface area contributed by atoms with Crippen LogP contribution in [-0.2, 0) is 20.4 Å². The van der Waals surface area contributed by atoms with Gasteiger partial charge in [0, 0.05) is 23.3 Å². The monoisotopic (exact) mass is 468 g/mol. The lowest BCUT2D eigenvalue weighted by Gasteiger charge is -2.46. The standard InChI is InChI=1S/C23H28N6O3S/c1-15(2)28-19-12-16-14-25-22(26-17-6-8-18(9-7-17)33(24,31)32)27-21(16)29(19)23(13-20(28)30)10-4-3-5-11-23/h6-9,12,14-15H,3-5,10-11,13H2,1-2H3,(H2,24,31,32)(H,25,26,27). The van der Waals surface area contributed by atoms with Crippen LogP contribution in [0, 0.1) is 0 Å². The van der Waals surface area contributed by atoms with Gasteiger partial charge in [-0.05, 0) is 57.0 Å². The summed E-state index contributed by atoms with van der Waals surface area (Å²) in [6.07, 6.45) is 7.57. The van der Waals surface area contributed by atoms with Crippen LogP contribution >= 0.6 is 0 Å². The lowest BCUT2D eigenvalue weighted by molar-refractivity contribution is -0.122. The summed E-state index contributed by atoms with van der Waals surface area (Å²) in [5.74, 6) is 1.47. The van der Waals surface area contributed by atoms with Crippen LogP contribution in [-0.4, -0.2) is 34.9 Å². The third-order valence-electron chi connectivity index (χ3n) is 6.73. The largest absolute Gasteiger partial charge is 0.324 e. The summed E-state index contributed by atoms with van der Waals surface area (Å²) >= 11 is 0. The third-order valence-corrected chi connectivity index (χ3v) is 7.66. The molecule has 3 aromatic rings. The van der Waals surface area contributed by atoms with Crippen molar-refractivity contribution in [2.45, 2.75) is 68.8 Å². The van der Waals surface area contributed by atoms with Crippen molar-refractivity contribution in [3.05, 3.63) is 36.5 Å². The fourth-order valence-electron chi connectivity index (χ4n) is 5.27. The van der Waals surface area contributed by atoms with Crippen LogP contribution in [0.15, 0.2) is 41.4 Å². The van der Waals surface area contributed by atoms with E-state index in [9.17, 15) is 13.2 Å². The zero-order valence-electron chi connectivity index (χ0n) is 18.8. The van der Waals surface area contributed by atoms with Gasteiger partial charge in [0.25, 0.3) is 0 Å². The minimum Gasteiger partial charge on any atom is -0.324 e. The molecule has 1 aliphatic carbocycles. The minimum absolute atomic E-state index is 0.0442. The van der Waals surface area contributed by atoms with Gasteiger partial charge >= 0.3 is 0 Å². The van der Waals surface area contributed by atoms with E-state index in [4.69, 9.17) is 10.1 Å². The van der Waals surface area contributed by atoms with Crippen LogP contribution < -0.4 is 15.4 Å². The highest BCUT2D eigenvalue weighted by Crippen LogP contribution is 2.47. The highest BCUT2D eigenvalue weighted by atomic mass is 32.2. The second kappa shape index (κ2) is 7.81. The molecule has 0 bridgehead atoms. The molecule has 1 aromatic carbocycles. The van der Waals surface area contributed by atoms with E-state index in [1.54, 1.807) is 18.3 Å². The molecular weight excluding hydrogens is 440 g/mol. The number of anilines is 3.